The molecule has 8 nitrogen and oxygen atoms in total. The van der Waals surface area contributed by atoms with Crippen molar-refractivity contribution in [3.63, 3.8) is 0 Å². The van der Waals surface area contributed by atoms with Gasteiger partial charge < -0.3 is 5.32 Å². The van der Waals surface area contributed by atoms with Crippen LogP contribution in [0.15, 0.2) is 42.5 Å². The standard InChI is InChI=1S/C15H9Cl2N3O5/c16-11-4-1-9(7-12(11)17)2-6-15(21)18-13-5-3-10(19(22)23)8-14(13)20(24)25/h1-8H,(H,18,21)/b6-2+. The Morgan fingerprint density at radius 1 is 1.00 bits per heavy atom. The molecule has 2 aromatic carbocycles. The zero-order valence-corrected chi connectivity index (χ0v) is 13.8. The van der Waals surface area contributed by atoms with Crippen molar-refractivity contribution in [3.05, 3.63) is 78.3 Å². The minimum Gasteiger partial charge on any atom is -0.317 e. The van der Waals surface area contributed by atoms with Crippen molar-refractivity contribution in [3.8, 4) is 0 Å². The van der Waals surface area contributed by atoms with Crippen LogP contribution in [0.25, 0.3) is 6.08 Å². The number of rotatable bonds is 5. The average molecular weight is 382 g/mol. The summed E-state index contributed by atoms with van der Waals surface area (Å²) in [5, 5.41) is 24.7. The Morgan fingerprint density at radius 2 is 1.72 bits per heavy atom. The van der Waals surface area contributed by atoms with Gasteiger partial charge in [0, 0.05) is 12.1 Å². The molecule has 0 bridgehead atoms. The van der Waals surface area contributed by atoms with Crippen LogP contribution < -0.4 is 5.32 Å². The number of anilines is 1. The van der Waals surface area contributed by atoms with Crippen molar-refractivity contribution < 1.29 is 14.6 Å². The fraction of sp³-hybridized carbons (Fsp3) is 0. The lowest BCUT2D eigenvalue weighted by atomic mass is 10.2. The molecule has 2 rings (SSSR count). The largest absolute Gasteiger partial charge is 0.317 e. The van der Waals surface area contributed by atoms with Crippen LogP contribution in [-0.2, 0) is 4.79 Å². The average Bonchev–Trinajstić information content (AvgIpc) is 2.56. The van der Waals surface area contributed by atoms with Gasteiger partial charge in [-0.25, -0.2) is 0 Å². The Kier molecular flexibility index (Phi) is 5.68. The molecule has 10 heteroatoms. The first kappa shape index (κ1) is 18.4. The number of nitro groups is 2. The third-order valence-electron chi connectivity index (χ3n) is 3.02. The summed E-state index contributed by atoms with van der Waals surface area (Å²) in [6, 6.07) is 7.67. The number of amides is 1. The van der Waals surface area contributed by atoms with E-state index in [1.165, 1.54) is 6.08 Å². The second-order valence-electron chi connectivity index (χ2n) is 4.71. The number of hydrogen-bond acceptors (Lipinski definition) is 5. The van der Waals surface area contributed by atoms with Crippen LogP contribution in [0.5, 0.6) is 0 Å². The van der Waals surface area contributed by atoms with Crippen molar-refractivity contribution in [2.45, 2.75) is 0 Å². The highest BCUT2D eigenvalue weighted by atomic mass is 35.5. The van der Waals surface area contributed by atoms with Crippen LogP contribution in [0.2, 0.25) is 10.0 Å². The molecule has 0 fully saturated rings. The molecule has 0 spiro atoms. The first-order valence-corrected chi connectivity index (χ1v) is 7.40. The van der Waals surface area contributed by atoms with Crippen LogP contribution >= 0.6 is 23.2 Å². The van der Waals surface area contributed by atoms with Crippen molar-refractivity contribution in [1.29, 1.82) is 0 Å². The monoisotopic (exact) mass is 381 g/mol. The van der Waals surface area contributed by atoms with Gasteiger partial charge in [-0.1, -0.05) is 29.3 Å². The van der Waals surface area contributed by atoms with Crippen LogP contribution in [0.4, 0.5) is 17.1 Å². The highest BCUT2D eigenvalue weighted by molar-refractivity contribution is 6.42. The molecule has 0 aromatic heterocycles. The number of non-ortho nitro benzene ring substituents is 1. The van der Waals surface area contributed by atoms with E-state index >= 15 is 0 Å². The number of nitrogens with one attached hydrogen (secondary N) is 1. The lowest BCUT2D eigenvalue weighted by Crippen LogP contribution is -2.09. The lowest BCUT2D eigenvalue weighted by molar-refractivity contribution is -0.393. The van der Waals surface area contributed by atoms with Crippen LogP contribution in [-0.4, -0.2) is 15.8 Å². The first-order valence-electron chi connectivity index (χ1n) is 6.65. The maximum Gasteiger partial charge on any atom is 0.299 e. The minimum atomic E-state index is -0.814. The summed E-state index contributed by atoms with van der Waals surface area (Å²) < 4.78 is 0. The summed E-state index contributed by atoms with van der Waals surface area (Å²) in [7, 11) is 0. The number of carbonyl (C=O) groups excluding carboxylic acids is 1. The summed E-state index contributed by atoms with van der Waals surface area (Å²) >= 11 is 11.6. The molecule has 1 N–H and O–H groups in total. The molecule has 128 valence electrons. The smallest absolute Gasteiger partial charge is 0.299 e. The predicted octanol–water partition coefficient (Wildman–Crippen LogP) is 4.46. The number of nitrogens with zero attached hydrogens (tertiary/aromatic N) is 2. The highest BCUT2D eigenvalue weighted by Crippen LogP contribution is 2.29. The molecule has 2 aromatic rings. The third kappa shape index (κ3) is 4.75. The molecule has 0 unspecified atom stereocenters. The topological polar surface area (TPSA) is 115 Å². The van der Waals surface area contributed by atoms with E-state index in [1.807, 2.05) is 0 Å². The van der Waals surface area contributed by atoms with Gasteiger partial charge in [-0.2, -0.15) is 0 Å². The van der Waals surface area contributed by atoms with E-state index in [2.05, 4.69) is 5.32 Å². The molecule has 0 aliphatic heterocycles. The van der Waals surface area contributed by atoms with Crippen molar-refractivity contribution in [1.82, 2.24) is 0 Å². The second kappa shape index (κ2) is 7.73. The van der Waals surface area contributed by atoms with Crippen LogP contribution in [0.3, 0.4) is 0 Å². The Balaban J connectivity index is 2.19. The molecule has 0 saturated heterocycles. The summed E-state index contributed by atoms with van der Waals surface area (Å²) in [6.45, 7) is 0. The predicted molar refractivity (Wildman–Crippen MR) is 93.9 cm³/mol. The summed E-state index contributed by atoms with van der Waals surface area (Å²) in [4.78, 5) is 32.0. The molecule has 25 heavy (non-hydrogen) atoms. The molecule has 1 amide bonds. The van der Waals surface area contributed by atoms with Gasteiger partial charge in [-0.15, -0.1) is 0 Å². The molecule has 0 heterocycles. The van der Waals surface area contributed by atoms with Gasteiger partial charge in [-0.3, -0.25) is 25.0 Å². The van der Waals surface area contributed by atoms with E-state index in [9.17, 15) is 25.0 Å². The number of hydrogen-bond donors (Lipinski definition) is 1. The Hall–Kier alpha value is -2.97. The van der Waals surface area contributed by atoms with Gasteiger partial charge >= 0.3 is 0 Å². The molecule has 0 atom stereocenters. The van der Waals surface area contributed by atoms with Gasteiger partial charge in [0.25, 0.3) is 11.4 Å². The normalized spacial score (nSPS) is 10.6. The highest BCUT2D eigenvalue weighted by Gasteiger charge is 2.20. The Bertz CT molecular complexity index is 899. The van der Waals surface area contributed by atoms with Crippen molar-refractivity contribution in [2.24, 2.45) is 0 Å². The SMILES string of the molecule is O=C(/C=C/c1ccc(Cl)c(Cl)c1)Nc1ccc([N+](=O)[O-])cc1[N+](=O)[O-]. The quantitative estimate of drug-likeness (QED) is 0.466. The maximum absolute atomic E-state index is 11.9. The summed E-state index contributed by atoms with van der Waals surface area (Å²) in [5.74, 6) is -0.650. The zero-order chi connectivity index (χ0) is 18.6. The van der Waals surface area contributed by atoms with E-state index in [0.29, 0.717) is 15.6 Å². The van der Waals surface area contributed by atoms with Gasteiger partial charge in [-0.05, 0) is 29.8 Å². The van der Waals surface area contributed by atoms with E-state index < -0.39 is 27.1 Å². The van der Waals surface area contributed by atoms with Gasteiger partial charge in [0.2, 0.25) is 5.91 Å². The fourth-order valence-corrected chi connectivity index (χ4v) is 2.16. The van der Waals surface area contributed by atoms with E-state index in [0.717, 1.165) is 24.3 Å². The minimum absolute atomic E-state index is 0.153. The fourth-order valence-electron chi connectivity index (χ4n) is 1.85. The molecule has 0 saturated carbocycles. The second-order valence-corrected chi connectivity index (χ2v) is 5.53. The van der Waals surface area contributed by atoms with Gasteiger partial charge in [0.05, 0.1) is 26.0 Å². The lowest BCUT2D eigenvalue weighted by Gasteiger charge is -2.03. The van der Waals surface area contributed by atoms with Crippen molar-refractivity contribution >= 4 is 52.2 Å². The third-order valence-corrected chi connectivity index (χ3v) is 3.76. The number of benzene rings is 2. The summed E-state index contributed by atoms with van der Waals surface area (Å²) in [6.07, 6.45) is 2.58. The molecule has 0 aliphatic rings. The zero-order valence-electron chi connectivity index (χ0n) is 12.3. The number of halogens is 2. The van der Waals surface area contributed by atoms with Crippen molar-refractivity contribution in [2.75, 3.05) is 5.32 Å². The van der Waals surface area contributed by atoms with Gasteiger partial charge in [0.15, 0.2) is 0 Å². The van der Waals surface area contributed by atoms with Crippen LogP contribution in [0.1, 0.15) is 5.56 Å². The Morgan fingerprint density at radius 3 is 2.32 bits per heavy atom. The number of carbonyl (C=O) groups is 1. The molecular weight excluding hydrogens is 373 g/mol. The van der Waals surface area contributed by atoms with E-state index in [-0.39, 0.29) is 5.69 Å². The van der Waals surface area contributed by atoms with Crippen LogP contribution in [0, 0.1) is 20.2 Å². The molecule has 0 radical (unpaired) electrons. The molecule has 0 aliphatic carbocycles. The van der Waals surface area contributed by atoms with E-state index in [4.69, 9.17) is 23.2 Å². The summed E-state index contributed by atoms with van der Waals surface area (Å²) in [5.41, 5.74) is -0.580. The van der Waals surface area contributed by atoms with Gasteiger partial charge in [0.1, 0.15) is 5.69 Å². The first-order chi connectivity index (χ1) is 11.8. The molecular formula is C15H9Cl2N3O5. The Labute approximate surface area is 151 Å². The maximum atomic E-state index is 11.9. The van der Waals surface area contributed by atoms with E-state index in [1.54, 1.807) is 18.2 Å². The number of nitro benzene ring substituents is 2.